The first-order chi connectivity index (χ1) is 15.2. The minimum Gasteiger partial charge on any atom is -0.371 e. The third-order valence-electron chi connectivity index (χ3n) is 8.83. The fraction of sp³-hybridized carbons (Fsp3) is 0.696. The van der Waals surface area contributed by atoms with Crippen LogP contribution in [0.4, 0.5) is 0 Å². The molecule has 0 spiro atoms. The van der Waals surface area contributed by atoms with E-state index in [9.17, 15) is 8.42 Å². The van der Waals surface area contributed by atoms with Crippen LogP contribution in [0.15, 0.2) is 12.1 Å². The Morgan fingerprint density at radius 2 is 2.06 bits per heavy atom. The molecule has 3 aliphatic rings. The van der Waals surface area contributed by atoms with Crippen LogP contribution in [0.25, 0.3) is 0 Å². The van der Waals surface area contributed by atoms with Crippen LogP contribution in [0.1, 0.15) is 74.4 Å². The summed E-state index contributed by atoms with van der Waals surface area (Å²) in [5.41, 5.74) is 3.88. The quantitative estimate of drug-likeness (QED) is 0.735. The number of hydrogen-bond donors (Lipinski definition) is 1. The van der Waals surface area contributed by atoms with Gasteiger partial charge >= 0.3 is 10.3 Å². The molecule has 1 heterocycles. The first-order valence-electron chi connectivity index (χ1n) is 11.8. The second-order valence-electron chi connectivity index (χ2n) is 10.2. The Balaban J connectivity index is 1.42. The van der Waals surface area contributed by atoms with Gasteiger partial charge < -0.3 is 4.18 Å². The Bertz CT molecular complexity index is 1130. The summed E-state index contributed by atoms with van der Waals surface area (Å²) >= 11 is 0. The van der Waals surface area contributed by atoms with Crippen molar-refractivity contribution in [2.75, 3.05) is 0 Å². The van der Waals surface area contributed by atoms with Crippen LogP contribution in [-0.2, 0) is 36.6 Å². The summed E-state index contributed by atoms with van der Waals surface area (Å²) in [6.45, 7) is 4.53. The molecule has 3 unspecified atom stereocenters. The average molecular weight is 460 g/mol. The number of hydrogen-bond acceptors (Lipinski definition) is 6. The normalized spacial score (nSPS) is 31.6. The first kappa shape index (κ1) is 21.8. The summed E-state index contributed by atoms with van der Waals surface area (Å²) in [7, 11) is -2.10. The van der Waals surface area contributed by atoms with Crippen molar-refractivity contribution in [3.8, 4) is 5.75 Å². The van der Waals surface area contributed by atoms with E-state index in [2.05, 4.69) is 28.5 Å². The molecule has 0 amide bonds. The number of nitrogens with zero attached hydrogens (tertiary/aromatic N) is 4. The second-order valence-corrected chi connectivity index (χ2v) is 11.4. The van der Waals surface area contributed by atoms with Crippen molar-refractivity contribution in [2.45, 2.75) is 71.1 Å². The van der Waals surface area contributed by atoms with E-state index in [4.69, 9.17) is 9.32 Å². The summed E-state index contributed by atoms with van der Waals surface area (Å²) in [6.07, 6.45) is 8.69. The fourth-order valence-corrected chi connectivity index (χ4v) is 7.62. The number of rotatable bonds is 5. The smallest absolute Gasteiger partial charge is 0.371 e. The van der Waals surface area contributed by atoms with Crippen molar-refractivity contribution in [1.29, 1.82) is 0 Å². The third kappa shape index (κ3) is 3.63. The summed E-state index contributed by atoms with van der Waals surface area (Å²) in [4.78, 5) is 0. The van der Waals surface area contributed by atoms with Gasteiger partial charge in [0, 0.05) is 13.5 Å². The molecule has 32 heavy (non-hydrogen) atoms. The van der Waals surface area contributed by atoms with E-state index >= 15 is 0 Å². The van der Waals surface area contributed by atoms with Gasteiger partial charge in [0.05, 0.1) is 0 Å². The van der Waals surface area contributed by atoms with E-state index in [0.29, 0.717) is 41.3 Å². The highest BCUT2D eigenvalue weighted by Crippen LogP contribution is 2.63. The zero-order valence-corrected chi connectivity index (χ0v) is 19.9. The van der Waals surface area contributed by atoms with E-state index < -0.39 is 10.3 Å². The van der Waals surface area contributed by atoms with Gasteiger partial charge in [-0.2, -0.15) is 13.6 Å². The molecular formula is C23H33N5O3S. The van der Waals surface area contributed by atoms with Crippen LogP contribution in [0.2, 0.25) is 0 Å². The molecule has 5 rings (SSSR count). The summed E-state index contributed by atoms with van der Waals surface area (Å²) < 4.78 is 30.0. The minimum absolute atomic E-state index is 0.328. The maximum Gasteiger partial charge on any atom is 0.380 e. The van der Waals surface area contributed by atoms with Gasteiger partial charge in [0.2, 0.25) is 0 Å². The molecule has 2 saturated carbocycles. The zero-order chi connectivity index (χ0) is 22.7. The lowest BCUT2D eigenvalue weighted by Gasteiger charge is -2.51. The van der Waals surface area contributed by atoms with Gasteiger partial charge in [0.25, 0.3) is 0 Å². The Kier molecular flexibility index (Phi) is 5.32. The molecular weight excluding hydrogens is 426 g/mol. The molecule has 174 valence electrons. The van der Waals surface area contributed by atoms with E-state index in [1.54, 1.807) is 0 Å². The largest absolute Gasteiger partial charge is 0.380 e. The lowest BCUT2D eigenvalue weighted by atomic mass is 9.54. The number of nitrogens with two attached hydrogens (primary N) is 1. The summed E-state index contributed by atoms with van der Waals surface area (Å²) in [5, 5.41) is 17.3. The Labute approximate surface area is 190 Å². The lowest BCUT2D eigenvalue weighted by molar-refractivity contribution is 0.0277. The highest BCUT2D eigenvalue weighted by atomic mass is 32.2. The minimum atomic E-state index is -4.03. The molecule has 3 aliphatic carbocycles. The topological polar surface area (TPSA) is 113 Å². The van der Waals surface area contributed by atoms with Gasteiger partial charge in [-0.25, -0.2) is 4.68 Å². The average Bonchev–Trinajstić information content (AvgIpc) is 3.29. The maximum absolute atomic E-state index is 11.5. The first-order valence-corrected chi connectivity index (χ1v) is 13.3. The second kappa shape index (κ2) is 7.80. The van der Waals surface area contributed by atoms with Crippen molar-refractivity contribution in [2.24, 2.45) is 35.4 Å². The molecule has 5 atom stereocenters. The van der Waals surface area contributed by atoms with Gasteiger partial charge in [-0.3, -0.25) is 0 Å². The number of fused-ring (bicyclic) bond motifs is 5. The van der Waals surface area contributed by atoms with Crippen molar-refractivity contribution < 1.29 is 12.6 Å². The molecule has 1 aromatic heterocycles. The van der Waals surface area contributed by atoms with E-state index in [-0.39, 0.29) is 0 Å². The SMILES string of the molecule is CCc1cc2c(cc1OS(N)(=O)=O)CCC1C2CC[C@@]2(C)C1CC[C@@H]2Cc1nnnn1C. The van der Waals surface area contributed by atoms with Crippen LogP contribution in [-0.4, -0.2) is 28.6 Å². The highest BCUT2D eigenvalue weighted by Gasteiger charge is 2.54. The standard InChI is InChI=1S/C23H33N5O3S/c1-4-14-11-19-15(12-21(14)31-32(24,29)30)5-7-18-17(19)9-10-23(2)16(6-8-20(18)23)13-22-25-26-27-28(22)3/h11-12,16-18,20H,4-10,13H2,1-3H3,(H2,24,29,30)/t16-,17?,18?,20?,23-/m1/s1. The highest BCUT2D eigenvalue weighted by molar-refractivity contribution is 7.84. The number of aromatic nitrogens is 4. The number of benzene rings is 1. The maximum atomic E-state index is 11.5. The third-order valence-corrected chi connectivity index (χ3v) is 9.24. The molecule has 2 N–H and O–H groups in total. The predicted molar refractivity (Wildman–Crippen MR) is 120 cm³/mol. The van der Waals surface area contributed by atoms with Gasteiger partial charge in [-0.1, -0.05) is 19.9 Å². The zero-order valence-electron chi connectivity index (χ0n) is 19.1. The molecule has 0 radical (unpaired) electrons. The predicted octanol–water partition coefficient (Wildman–Crippen LogP) is 3.07. The fourth-order valence-electron chi connectivity index (χ4n) is 7.21. The van der Waals surface area contributed by atoms with Crippen molar-refractivity contribution >= 4 is 10.3 Å². The summed E-state index contributed by atoms with van der Waals surface area (Å²) in [5.74, 6) is 3.94. The van der Waals surface area contributed by atoms with Crippen LogP contribution < -0.4 is 9.32 Å². The van der Waals surface area contributed by atoms with Crippen molar-refractivity contribution in [3.05, 3.63) is 34.6 Å². The molecule has 0 bridgehead atoms. The van der Waals surface area contributed by atoms with E-state index in [1.807, 2.05) is 24.7 Å². The van der Waals surface area contributed by atoms with E-state index in [1.165, 1.54) is 36.8 Å². The van der Waals surface area contributed by atoms with E-state index in [0.717, 1.165) is 30.7 Å². The molecule has 0 aliphatic heterocycles. The van der Waals surface area contributed by atoms with Crippen LogP contribution >= 0.6 is 0 Å². The van der Waals surface area contributed by atoms with Gasteiger partial charge in [-0.15, -0.1) is 5.10 Å². The van der Waals surface area contributed by atoms with Gasteiger partial charge in [0.1, 0.15) is 5.75 Å². The Hall–Kier alpha value is -2.00. The van der Waals surface area contributed by atoms with Gasteiger partial charge in [0.15, 0.2) is 5.82 Å². The van der Waals surface area contributed by atoms with Gasteiger partial charge in [-0.05, 0) is 107 Å². The molecule has 2 fully saturated rings. The number of aryl methyl sites for hydroxylation is 3. The Morgan fingerprint density at radius 1 is 1.25 bits per heavy atom. The molecule has 1 aromatic carbocycles. The molecule has 9 heteroatoms. The van der Waals surface area contributed by atoms with Crippen LogP contribution in [0.5, 0.6) is 5.75 Å². The lowest BCUT2D eigenvalue weighted by Crippen LogP contribution is -2.42. The molecule has 2 aromatic rings. The van der Waals surface area contributed by atoms with Crippen LogP contribution in [0.3, 0.4) is 0 Å². The number of tetrazole rings is 1. The monoisotopic (exact) mass is 459 g/mol. The van der Waals surface area contributed by atoms with Crippen LogP contribution in [0, 0.1) is 23.2 Å². The van der Waals surface area contributed by atoms with Crippen molar-refractivity contribution in [1.82, 2.24) is 20.2 Å². The summed E-state index contributed by atoms with van der Waals surface area (Å²) in [6, 6.07) is 4.13. The molecule has 0 saturated heterocycles. The Morgan fingerprint density at radius 3 is 2.75 bits per heavy atom. The molecule has 8 nitrogen and oxygen atoms in total. The van der Waals surface area contributed by atoms with Crippen molar-refractivity contribution in [3.63, 3.8) is 0 Å².